The molecule has 2 aromatic carbocycles. The van der Waals surface area contributed by atoms with Gasteiger partial charge in [0.05, 0.1) is 17.1 Å². The third-order valence-corrected chi connectivity index (χ3v) is 8.12. The molecule has 0 fully saturated rings. The van der Waals surface area contributed by atoms with Crippen LogP contribution in [0.4, 0.5) is 0 Å². The molecule has 244 valence electrons. The number of aryl methyl sites for hydroxylation is 1. The monoisotopic (exact) mass is 786 g/mol. The van der Waals surface area contributed by atoms with E-state index in [-0.39, 0.29) is 47.0 Å². The topological polar surface area (TPSA) is 101 Å². The zero-order valence-electron chi connectivity index (χ0n) is 26.3. The normalized spacial score (nSPS) is 10.6. The molecule has 0 spiro atoms. The molecule has 0 atom stereocenters. The van der Waals surface area contributed by atoms with Crippen molar-refractivity contribution in [1.82, 2.24) is 0 Å². The van der Waals surface area contributed by atoms with Gasteiger partial charge >= 0.3 is 5.97 Å². The standard InChI is InChI=1S/C18H30O3S.C16H24O3.2Mo/c1-2-3-4-5-6-7-8-9-10-11-14-17-15-12-13-16-18(17)22(19,20)21;1-2-3-4-5-6-7-8-13-19-15-11-9-14(10-12-15)16(17)18;;/h12-13,15-16H,2-11,14H2,1H3,(H,19,20,21);9-12H,2-8,13H2,1H3,(H,17,18);;. The average Bonchev–Trinajstić information content (AvgIpc) is 2.96. The molecule has 0 saturated carbocycles. The van der Waals surface area contributed by atoms with Crippen LogP contribution in [0.1, 0.15) is 139 Å². The molecule has 2 rings (SSSR count). The first-order valence-electron chi connectivity index (χ1n) is 15.8. The quantitative estimate of drug-likeness (QED) is 0.0701. The predicted molar refractivity (Wildman–Crippen MR) is 169 cm³/mol. The van der Waals surface area contributed by atoms with E-state index in [9.17, 15) is 17.8 Å². The van der Waals surface area contributed by atoms with Crippen LogP contribution >= 0.6 is 0 Å². The van der Waals surface area contributed by atoms with Crippen LogP contribution in [-0.2, 0) is 58.7 Å². The number of hydrogen-bond acceptors (Lipinski definition) is 4. The molecule has 43 heavy (non-hydrogen) atoms. The van der Waals surface area contributed by atoms with E-state index in [1.54, 1.807) is 36.4 Å². The Labute approximate surface area is 290 Å². The molecular formula is C34H54Mo2O6S. The fourth-order valence-corrected chi connectivity index (χ4v) is 5.46. The summed E-state index contributed by atoms with van der Waals surface area (Å²) < 4.78 is 37.4. The Morgan fingerprint density at radius 3 is 1.56 bits per heavy atom. The van der Waals surface area contributed by atoms with Crippen LogP contribution in [0.2, 0.25) is 0 Å². The number of ether oxygens (including phenoxy) is 1. The van der Waals surface area contributed by atoms with Crippen molar-refractivity contribution in [2.45, 2.75) is 134 Å². The molecule has 0 radical (unpaired) electrons. The van der Waals surface area contributed by atoms with Crippen LogP contribution in [0.25, 0.3) is 0 Å². The smallest absolute Gasteiger partial charge is 0.335 e. The van der Waals surface area contributed by atoms with Crippen molar-refractivity contribution >= 4 is 16.1 Å². The Balaban J connectivity index is 0. The molecule has 0 amide bonds. The maximum absolute atomic E-state index is 11.3. The van der Waals surface area contributed by atoms with Crippen LogP contribution in [0.3, 0.4) is 0 Å². The van der Waals surface area contributed by atoms with Gasteiger partial charge in [-0.3, -0.25) is 4.55 Å². The van der Waals surface area contributed by atoms with E-state index in [2.05, 4.69) is 13.8 Å². The van der Waals surface area contributed by atoms with Crippen LogP contribution in [0.15, 0.2) is 53.4 Å². The van der Waals surface area contributed by atoms with E-state index in [1.165, 1.54) is 96.0 Å². The largest absolute Gasteiger partial charge is 0.494 e. The van der Waals surface area contributed by atoms with Gasteiger partial charge in [0.25, 0.3) is 10.1 Å². The maximum atomic E-state index is 11.3. The Bertz CT molecular complexity index is 1050. The van der Waals surface area contributed by atoms with Gasteiger partial charge in [0.15, 0.2) is 0 Å². The van der Waals surface area contributed by atoms with Gasteiger partial charge in [0.1, 0.15) is 5.75 Å². The average molecular weight is 783 g/mol. The molecule has 0 aliphatic heterocycles. The number of aromatic carboxylic acids is 1. The molecule has 0 saturated heterocycles. The van der Waals surface area contributed by atoms with E-state index in [0.717, 1.165) is 30.6 Å². The maximum Gasteiger partial charge on any atom is 0.335 e. The molecule has 2 aromatic rings. The Morgan fingerprint density at radius 1 is 0.651 bits per heavy atom. The first-order chi connectivity index (χ1) is 19.8. The van der Waals surface area contributed by atoms with Crippen LogP contribution in [0.5, 0.6) is 5.75 Å². The van der Waals surface area contributed by atoms with Gasteiger partial charge in [-0.15, -0.1) is 0 Å². The first-order valence-corrected chi connectivity index (χ1v) is 17.2. The molecule has 0 unspecified atom stereocenters. The zero-order chi connectivity index (χ0) is 30.2. The van der Waals surface area contributed by atoms with Crippen LogP contribution in [0, 0.1) is 0 Å². The molecule has 0 aromatic heterocycles. The van der Waals surface area contributed by atoms with Gasteiger partial charge < -0.3 is 9.84 Å². The molecular weight excluding hydrogens is 728 g/mol. The number of carbonyl (C=O) groups is 1. The number of hydrogen-bond donors (Lipinski definition) is 2. The summed E-state index contributed by atoms with van der Waals surface area (Å²) in [6, 6.07) is 13.3. The van der Waals surface area contributed by atoms with Gasteiger partial charge in [-0.25, -0.2) is 4.79 Å². The molecule has 6 nitrogen and oxygen atoms in total. The van der Waals surface area contributed by atoms with Crippen LogP contribution < -0.4 is 4.74 Å². The fraction of sp³-hybridized carbons (Fsp3) is 0.618. The van der Waals surface area contributed by atoms with Gasteiger partial charge in [0.2, 0.25) is 0 Å². The summed E-state index contributed by atoms with van der Waals surface area (Å²) in [5, 5.41) is 8.77. The second-order valence-corrected chi connectivity index (χ2v) is 12.2. The van der Waals surface area contributed by atoms with Gasteiger partial charge in [-0.2, -0.15) is 8.42 Å². The number of carboxylic acids is 1. The van der Waals surface area contributed by atoms with E-state index in [4.69, 9.17) is 9.84 Å². The molecule has 9 heteroatoms. The predicted octanol–water partition coefficient (Wildman–Crippen LogP) is 9.91. The Kier molecular flexibility index (Phi) is 29.2. The Morgan fingerprint density at radius 2 is 1.09 bits per heavy atom. The second-order valence-electron chi connectivity index (χ2n) is 10.8. The molecule has 2 N–H and O–H groups in total. The minimum absolute atomic E-state index is 0. The van der Waals surface area contributed by atoms with Crippen molar-refractivity contribution in [2.24, 2.45) is 0 Å². The van der Waals surface area contributed by atoms with E-state index in [1.807, 2.05) is 6.07 Å². The minimum atomic E-state index is -4.10. The zero-order valence-corrected chi connectivity index (χ0v) is 31.1. The minimum Gasteiger partial charge on any atom is -0.494 e. The summed E-state index contributed by atoms with van der Waals surface area (Å²) in [6.07, 6.45) is 22.1. The van der Waals surface area contributed by atoms with Crippen molar-refractivity contribution < 1.29 is 69.7 Å². The summed E-state index contributed by atoms with van der Waals surface area (Å²) in [5.74, 6) is -0.158. The molecule has 0 aliphatic rings. The fourth-order valence-electron chi connectivity index (χ4n) is 4.71. The van der Waals surface area contributed by atoms with Gasteiger partial charge in [-0.1, -0.05) is 128 Å². The number of benzene rings is 2. The van der Waals surface area contributed by atoms with Gasteiger partial charge in [0, 0.05) is 42.1 Å². The van der Waals surface area contributed by atoms with E-state index < -0.39 is 16.1 Å². The first kappa shape index (κ1) is 44.1. The summed E-state index contributed by atoms with van der Waals surface area (Å²) >= 11 is 0. The number of carboxylic acid groups (broad SMARTS) is 1. The third kappa shape index (κ3) is 23.1. The van der Waals surface area contributed by atoms with Crippen molar-refractivity contribution in [2.75, 3.05) is 6.61 Å². The summed E-state index contributed by atoms with van der Waals surface area (Å²) in [7, 11) is -4.10. The van der Waals surface area contributed by atoms with Crippen molar-refractivity contribution in [1.29, 1.82) is 0 Å². The SMILES string of the molecule is CCCCCCCCCCCCc1ccccc1S(=O)(=O)O.CCCCCCCCCOc1ccc(C(=O)O)cc1.[Mo].[Mo]. The summed E-state index contributed by atoms with van der Waals surface area (Å²) in [5.41, 5.74) is 1.02. The Hall–Kier alpha value is -1.00. The molecule has 0 aliphatic carbocycles. The van der Waals surface area contributed by atoms with Crippen molar-refractivity contribution in [3.05, 3.63) is 59.7 Å². The van der Waals surface area contributed by atoms with E-state index >= 15 is 0 Å². The van der Waals surface area contributed by atoms with Crippen molar-refractivity contribution in [3.63, 3.8) is 0 Å². The van der Waals surface area contributed by atoms with E-state index in [0.29, 0.717) is 18.6 Å². The summed E-state index contributed by atoms with van der Waals surface area (Å²) in [6.45, 7) is 5.17. The second kappa shape index (κ2) is 28.5. The summed E-state index contributed by atoms with van der Waals surface area (Å²) in [4.78, 5) is 10.7. The molecule has 0 heterocycles. The number of unbranched alkanes of at least 4 members (excludes halogenated alkanes) is 15. The van der Waals surface area contributed by atoms with Crippen LogP contribution in [-0.4, -0.2) is 30.7 Å². The third-order valence-electron chi connectivity index (χ3n) is 7.17. The van der Waals surface area contributed by atoms with Gasteiger partial charge in [-0.05, 0) is 55.2 Å². The van der Waals surface area contributed by atoms with Crippen molar-refractivity contribution in [3.8, 4) is 5.75 Å². The molecule has 0 bridgehead atoms. The number of rotatable bonds is 22.